The number of nitrogens with zero attached hydrogens (tertiary/aromatic N) is 1. The van der Waals surface area contributed by atoms with E-state index in [9.17, 15) is 17.6 Å². The van der Waals surface area contributed by atoms with Crippen molar-refractivity contribution in [2.45, 2.75) is 11.8 Å². The molecule has 0 heterocycles. The second-order valence-electron chi connectivity index (χ2n) is 4.91. The van der Waals surface area contributed by atoms with Crippen LogP contribution in [0.1, 0.15) is 6.92 Å². The van der Waals surface area contributed by atoms with Crippen LogP contribution in [0.25, 0.3) is 0 Å². The van der Waals surface area contributed by atoms with Crippen LogP contribution in [-0.2, 0) is 14.8 Å². The van der Waals surface area contributed by atoms with E-state index in [1.54, 1.807) is 6.92 Å². The van der Waals surface area contributed by atoms with Gasteiger partial charge in [0.1, 0.15) is 18.1 Å². The van der Waals surface area contributed by atoms with Crippen LogP contribution >= 0.6 is 15.9 Å². The number of benzene rings is 2. The Kier molecular flexibility index (Phi) is 6.02. The molecule has 25 heavy (non-hydrogen) atoms. The summed E-state index contributed by atoms with van der Waals surface area (Å²) < 4.78 is 46.0. The van der Waals surface area contributed by atoms with Gasteiger partial charge in [0.15, 0.2) is 0 Å². The molecule has 0 saturated heterocycles. The largest absolute Gasteiger partial charge is 0.494 e. The molecule has 0 aromatic heterocycles. The Bertz CT molecular complexity index is 871. The first-order valence-electron chi connectivity index (χ1n) is 7.18. The zero-order valence-corrected chi connectivity index (χ0v) is 15.5. The minimum Gasteiger partial charge on any atom is -0.494 e. The van der Waals surface area contributed by atoms with Crippen molar-refractivity contribution in [1.29, 1.82) is 0 Å². The van der Waals surface area contributed by atoms with Crippen molar-refractivity contribution in [3.63, 3.8) is 0 Å². The Morgan fingerprint density at radius 1 is 1.24 bits per heavy atom. The van der Waals surface area contributed by atoms with Crippen LogP contribution in [0.2, 0.25) is 0 Å². The molecule has 0 bridgehead atoms. The number of ether oxygens (including phenoxy) is 1. The van der Waals surface area contributed by atoms with Crippen LogP contribution in [-0.4, -0.2) is 32.6 Å². The fraction of sp³-hybridized carbons (Fsp3) is 0.188. The van der Waals surface area contributed by atoms with Crippen LogP contribution in [0.3, 0.4) is 0 Å². The molecule has 2 aromatic carbocycles. The second kappa shape index (κ2) is 7.83. The van der Waals surface area contributed by atoms with E-state index in [2.05, 4.69) is 15.9 Å². The molecule has 0 aliphatic rings. The predicted molar refractivity (Wildman–Crippen MR) is 93.9 cm³/mol. The molecule has 0 saturated carbocycles. The number of rotatable bonds is 7. The van der Waals surface area contributed by atoms with E-state index in [0.717, 1.165) is 6.07 Å². The molecule has 1 N–H and O–H groups in total. The van der Waals surface area contributed by atoms with E-state index >= 15 is 0 Å². The highest BCUT2D eigenvalue weighted by Gasteiger charge is 2.29. The van der Waals surface area contributed by atoms with Gasteiger partial charge in [-0.05, 0) is 49.4 Å². The van der Waals surface area contributed by atoms with Crippen LogP contribution in [0, 0.1) is 5.82 Å². The highest BCUT2D eigenvalue weighted by Crippen LogP contribution is 2.29. The molecule has 0 unspecified atom stereocenters. The summed E-state index contributed by atoms with van der Waals surface area (Å²) >= 11 is 3.08. The number of hydrogen-bond acceptors (Lipinski definition) is 4. The molecule has 9 heteroatoms. The number of aliphatic carboxylic acids is 1. The lowest BCUT2D eigenvalue weighted by Gasteiger charge is -2.23. The fourth-order valence-electron chi connectivity index (χ4n) is 2.11. The molecule has 2 aromatic rings. The standard InChI is InChI=1S/C16H15BrFNO5S/c1-2-24-12-4-6-13(7-5-12)25(22,23)19(10-16(20)21)15-8-3-11(17)9-14(15)18/h3-9H,2,10H2,1H3,(H,20,21). The molecule has 0 atom stereocenters. The molecule has 0 amide bonds. The zero-order valence-electron chi connectivity index (χ0n) is 13.1. The highest BCUT2D eigenvalue weighted by molar-refractivity contribution is 9.10. The average Bonchev–Trinajstić information content (AvgIpc) is 2.54. The molecule has 0 radical (unpaired) electrons. The van der Waals surface area contributed by atoms with Gasteiger partial charge in [0, 0.05) is 4.47 Å². The Labute approximate surface area is 153 Å². The van der Waals surface area contributed by atoms with E-state index in [1.165, 1.54) is 36.4 Å². The number of carboxylic acids is 1. The number of anilines is 1. The summed E-state index contributed by atoms with van der Waals surface area (Å²) in [7, 11) is -4.27. The number of halogens is 2. The first kappa shape index (κ1) is 19.2. The van der Waals surface area contributed by atoms with Gasteiger partial charge in [-0.25, -0.2) is 12.8 Å². The lowest BCUT2D eigenvalue weighted by molar-refractivity contribution is -0.135. The minimum atomic E-state index is -4.27. The number of carboxylic acid groups (broad SMARTS) is 1. The van der Waals surface area contributed by atoms with E-state index in [4.69, 9.17) is 9.84 Å². The monoisotopic (exact) mass is 431 g/mol. The summed E-state index contributed by atoms with van der Waals surface area (Å²) in [5.41, 5.74) is -0.348. The average molecular weight is 432 g/mol. The van der Waals surface area contributed by atoms with E-state index in [0.29, 0.717) is 21.1 Å². The molecule has 134 valence electrons. The maximum atomic E-state index is 14.2. The van der Waals surface area contributed by atoms with Gasteiger partial charge in [-0.15, -0.1) is 0 Å². The minimum absolute atomic E-state index is 0.167. The van der Waals surface area contributed by atoms with Gasteiger partial charge in [-0.3, -0.25) is 9.10 Å². The van der Waals surface area contributed by atoms with Crippen molar-refractivity contribution in [1.82, 2.24) is 0 Å². The molecule has 0 fully saturated rings. The van der Waals surface area contributed by atoms with Gasteiger partial charge in [-0.2, -0.15) is 0 Å². The smallest absolute Gasteiger partial charge is 0.324 e. The Morgan fingerprint density at radius 2 is 1.88 bits per heavy atom. The van der Waals surface area contributed by atoms with Gasteiger partial charge in [0.25, 0.3) is 10.0 Å². The highest BCUT2D eigenvalue weighted by atomic mass is 79.9. The summed E-state index contributed by atoms with van der Waals surface area (Å²) in [5, 5.41) is 9.06. The first-order chi connectivity index (χ1) is 11.8. The van der Waals surface area contributed by atoms with Crippen molar-refractivity contribution >= 4 is 37.6 Å². The molecule has 0 aliphatic carbocycles. The maximum absolute atomic E-state index is 14.2. The normalized spacial score (nSPS) is 11.2. The SMILES string of the molecule is CCOc1ccc(S(=O)(=O)N(CC(=O)O)c2ccc(Br)cc2F)cc1. The Morgan fingerprint density at radius 3 is 2.40 bits per heavy atom. The predicted octanol–water partition coefficient (Wildman–Crippen LogP) is 3.27. The first-order valence-corrected chi connectivity index (χ1v) is 9.41. The summed E-state index contributed by atoms with van der Waals surface area (Å²) in [5.74, 6) is -1.79. The van der Waals surface area contributed by atoms with E-state index < -0.39 is 28.4 Å². The molecule has 0 aliphatic heterocycles. The van der Waals surface area contributed by atoms with Gasteiger partial charge >= 0.3 is 5.97 Å². The third kappa shape index (κ3) is 4.49. The quantitative estimate of drug-likeness (QED) is 0.726. The van der Waals surface area contributed by atoms with Crippen molar-refractivity contribution in [3.05, 3.63) is 52.8 Å². The van der Waals surface area contributed by atoms with E-state index in [-0.39, 0.29) is 10.6 Å². The summed E-state index contributed by atoms with van der Waals surface area (Å²) in [6.07, 6.45) is 0. The van der Waals surface area contributed by atoms with Crippen molar-refractivity contribution in [3.8, 4) is 5.75 Å². The Hall–Kier alpha value is -2.13. The molecular formula is C16H15BrFNO5S. The number of sulfonamides is 1. The van der Waals surface area contributed by atoms with Gasteiger partial charge in [0.2, 0.25) is 0 Å². The van der Waals surface area contributed by atoms with Gasteiger partial charge < -0.3 is 9.84 Å². The molecular weight excluding hydrogens is 417 g/mol. The zero-order chi connectivity index (χ0) is 18.6. The lowest BCUT2D eigenvalue weighted by atomic mass is 10.3. The van der Waals surface area contributed by atoms with Crippen molar-refractivity contribution < 1.29 is 27.4 Å². The second-order valence-corrected chi connectivity index (χ2v) is 7.68. The van der Waals surface area contributed by atoms with Crippen LogP contribution in [0.5, 0.6) is 5.75 Å². The topological polar surface area (TPSA) is 83.9 Å². The van der Waals surface area contributed by atoms with Crippen molar-refractivity contribution in [2.75, 3.05) is 17.5 Å². The van der Waals surface area contributed by atoms with Crippen LogP contribution in [0.4, 0.5) is 10.1 Å². The number of carbonyl (C=O) groups is 1. The molecule has 2 rings (SSSR count). The third-order valence-corrected chi connectivity index (χ3v) is 5.45. The molecule has 0 spiro atoms. The van der Waals surface area contributed by atoms with Gasteiger partial charge in [-0.1, -0.05) is 15.9 Å². The van der Waals surface area contributed by atoms with E-state index in [1.807, 2.05) is 0 Å². The number of hydrogen-bond donors (Lipinski definition) is 1. The summed E-state index contributed by atoms with van der Waals surface area (Å²) in [4.78, 5) is 11.0. The lowest BCUT2D eigenvalue weighted by Crippen LogP contribution is -2.36. The van der Waals surface area contributed by atoms with Crippen LogP contribution in [0.15, 0.2) is 51.8 Å². The summed E-state index contributed by atoms with van der Waals surface area (Å²) in [6.45, 7) is 1.30. The Balaban J connectivity index is 2.50. The molecule has 6 nitrogen and oxygen atoms in total. The fourth-order valence-corrected chi connectivity index (χ4v) is 3.86. The third-order valence-electron chi connectivity index (χ3n) is 3.18. The van der Waals surface area contributed by atoms with Gasteiger partial charge in [0.05, 0.1) is 17.2 Å². The van der Waals surface area contributed by atoms with Crippen LogP contribution < -0.4 is 9.04 Å². The van der Waals surface area contributed by atoms with Crippen molar-refractivity contribution in [2.24, 2.45) is 0 Å². The maximum Gasteiger partial charge on any atom is 0.324 e. The summed E-state index contributed by atoms with van der Waals surface area (Å²) in [6, 6.07) is 9.17.